The van der Waals surface area contributed by atoms with Crippen molar-refractivity contribution in [2.75, 3.05) is 13.1 Å². The van der Waals surface area contributed by atoms with Crippen LogP contribution < -0.4 is 5.73 Å². The second-order valence-electron chi connectivity index (χ2n) is 5.59. The average Bonchev–Trinajstić information content (AvgIpc) is 2.82. The summed E-state index contributed by atoms with van der Waals surface area (Å²) in [4.78, 5) is 14.4. The van der Waals surface area contributed by atoms with Crippen LogP contribution in [-0.4, -0.2) is 29.9 Å². The lowest BCUT2D eigenvalue weighted by atomic mass is 9.91. The number of piperidine rings is 1. The summed E-state index contributed by atoms with van der Waals surface area (Å²) in [5, 5.41) is 0. The Morgan fingerprint density at radius 3 is 2.76 bits per heavy atom. The first-order chi connectivity index (χ1) is 8.33. The standard InChI is InChI=1S/C14H26N2O/c15-10-3-1-2-9-14(17)16-11-5-7-12-6-4-8-13(12)16/h12-13H,1-11,15H2. The number of carbonyl (C=O) groups is 1. The highest BCUT2D eigenvalue weighted by Gasteiger charge is 2.36. The molecule has 2 aliphatic rings. The molecule has 1 aliphatic heterocycles. The number of fused-ring (bicyclic) bond motifs is 1. The summed E-state index contributed by atoms with van der Waals surface area (Å²) < 4.78 is 0. The Balaban J connectivity index is 1.77. The molecule has 2 fully saturated rings. The van der Waals surface area contributed by atoms with Crippen LogP contribution in [0.15, 0.2) is 0 Å². The topological polar surface area (TPSA) is 46.3 Å². The van der Waals surface area contributed by atoms with Crippen LogP contribution in [0.1, 0.15) is 57.8 Å². The lowest BCUT2D eigenvalue weighted by Gasteiger charge is -2.38. The van der Waals surface area contributed by atoms with Crippen LogP contribution in [0, 0.1) is 5.92 Å². The summed E-state index contributed by atoms with van der Waals surface area (Å²) >= 11 is 0. The molecule has 98 valence electrons. The van der Waals surface area contributed by atoms with Crippen molar-refractivity contribution >= 4 is 5.91 Å². The molecule has 17 heavy (non-hydrogen) atoms. The molecule has 2 rings (SSSR count). The Morgan fingerprint density at radius 1 is 1.12 bits per heavy atom. The maximum absolute atomic E-state index is 12.2. The van der Waals surface area contributed by atoms with E-state index in [1.165, 1.54) is 32.1 Å². The van der Waals surface area contributed by atoms with E-state index in [4.69, 9.17) is 5.73 Å². The monoisotopic (exact) mass is 238 g/mol. The minimum atomic E-state index is 0.402. The molecule has 1 saturated heterocycles. The zero-order chi connectivity index (χ0) is 12.1. The number of amides is 1. The van der Waals surface area contributed by atoms with Gasteiger partial charge in [0.25, 0.3) is 0 Å². The molecule has 0 spiro atoms. The van der Waals surface area contributed by atoms with Crippen molar-refractivity contribution < 1.29 is 4.79 Å². The van der Waals surface area contributed by atoms with E-state index in [9.17, 15) is 4.79 Å². The van der Waals surface area contributed by atoms with Crippen molar-refractivity contribution in [2.45, 2.75) is 63.8 Å². The predicted octanol–water partition coefficient (Wildman–Crippen LogP) is 2.30. The van der Waals surface area contributed by atoms with Crippen molar-refractivity contribution in [1.82, 2.24) is 4.90 Å². The number of hydrogen-bond acceptors (Lipinski definition) is 2. The lowest BCUT2D eigenvalue weighted by Crippen LogP contribution is -2.46. The molecule has 0 aromatic rings. The molecular weight excluding hydrogens is 212 g/mol. The van der Waals surface area contributed by atoms with Gasteiger partial charge in [-0.3, -0.25) is 4.79 Å². The fourth-order valence-electron chi connectivity index (χ4n) is 3.50. The van der Waals surface area contributed by atoms with Crippen LogP contribution in [0.3, 0.4) is 0 Å². The van der Waals surface area contributed by atoms with Gasteiger partial charge in [-0.2, -0.15) is 0 Å². The summed E-state index contributed by atoms with van der Waals surface area (Å²) in [6.45, 7) is 1.76. The molecule has 3 nitrogen and oxygen atoms in total. The molecule has 1 amide bonds. The van der Waals surface area contributed by atoms with E-state index in [2.05, 4.69) is 4.90 Å². The Morgan fingerprint density at radius 2 is 1.94 bits per heavy atom. The van der Waals surface area contributed by atoms with E-state index in [0.29, 0.717) is 11.9 Å². The van der Waals surface area contributed by atoms with Gasteiger partial charge >= 0.3 is 0 Å². The second kappa shape index (κ2) is 6.39. The fourth-order valence-corrected chi connectivity index (χ4v) is 3.50. The highest BCUT2D eigenvalue weighted by atomic mass is 16.2. The average molecular weight is 238 g/mol. The molecule has 1 aliphatic carbocycles. The molecule has 1 heterocycles. The van der Waals surface area contributed by atoms with E-state index in [1.54, 1.807) is 0 Å². The summed E-state index contributed by atoms with van der Waals surface area (Å²) in [6.07, 6.45) is 10.4. The Labute approximate surface area is 105 Å². The molecule has 2 unspecified atom stereocenters. The number of rotatable bonds is 5. The molecule has 2 N–H and O–H groups in total. The molecule has 3 heteroatoms. The van der Waals surface area contributed by atoms with Crippen LogP contribution in [0.2, 0.25) is 0 Å². The van der Waals surface area contributed by atoms with Gasteiger partial charge in [0.05, 0.1) is 0 Å². The van der Waals surface area contributed by atoms with Gasteiger partial charge in [0, 0.05) is 19.0 Å². The summed E-state index contributed by atoms with van der Waals surface area (Å²) in [5.74, 6) is 1.22. The van der Waals surface area contributed by atoms with Crippen molar-refractivity contribution in [3.63, 3.8) is 0 Å². The third-order valence-corrected chi connectivity index (χ3v) is 4.41. The number of nitrogens with two attached hydrogens (primary N) is 1. The van der Waals surface area contributed by atoms with Gasteiger partial charge in [-0.05, 0) is 51.0 Å². The number of unbranched alkanes of at least 4 members (excludes halogenated alkanes) is 2. The molecule has 0 aromatic carbocycles. The minimum absolute atomic E-state index is 0.402. The molecule has 0 bridgehead atoms. The molecule has 2 atom stereocenters. The van der Waals surface area contributed by atoms with Crippen molar-refractivity contribution in [1.29, 1.82) is 0 Å². The van der Waals surface area contributed by atoms with Crippen LogP contribution >= 0.6 is 0 Å². The highest BCUT2D eigenvalue weighted by Crippen LogP contribution is 2.37. The first-order valence-electron chi connectivity index (χ1n) is 7.32. The highest BCUT2D eigenvalue weighted by molar-refractivity contribution is 5.76. The first kappa shape index (κ1) is 12.9. The van der Waals surface area contributed by atoms with Gasteiger partial charge in [0.2, 0.25) is 5.91 Å². The summed E-state index contributed by atoms with van der Waals surface area (Å²) in [5.41, 5.74) is 5.46. The number of nitrogens with zero attached hydrogens (tertiary/aromatic N) is 1. The van der Waals surface area contributed by atoms with Gasteiger partial charge in [-0.1, -0.05) is 12.8 Å². The largest absolute Gasteiger partial charge is 0.339 e. The van der Waals surface area contributed by atoms with E-state index >= 15 is 0 Å². The molecule has 1 saturated carbocycles. The van der Waals surface area contributed by atoms with Gasteiger partial charge in [0.1, 0.15) is 0 Å². The Hall–Kier alpha value is -0.570. The van der Waals surface area contributed by atoms with Crippen LogP contribution in [0.4, 0.5) is 0 Å². The first-order valence-corrected chi connectivity index (χ1v) is 7.32. The zero-order valence-electron chi connectivity index (χ0n) is 10.9. The Bertz CT molecular complexity index is 255. The number of hydrogen-bond donors (Lipinski definition) is 1. The Kier molecular flexibility index (Phi) is 4.84. The van der Waals surface area contributed by atoms with E-state index in [0.717, 1.165) is 44.7 Å². The lowest BCUT2D eigenvalue weighted by molar-refractivity contribution is -0.136. The van der Waals surface area contributed by atoms with E-state index in [1.807, 2.05) is 0 Å². The van der Waals surface area contributed by atoms with E-state index in [-0.39, 0.29) is 0 Å². The van der Waals surface area contributed by atoms with Gasteiger partial charge in [-0.15, -0.1) is 0 Å². The van der Waals surface area contributed by atoms with Crippen LogP contribution in [0.25, 0.3) is 0 Å². The normalized spacial score (nSPS) is 28.2. The minimum Gasteiger partial charge on any atom is -0.339 e. The third kappa shape index (κ3) is 3.21. The smallest absolute Gasteiger partial charge is 0.222 e. The maximum Gasteiger partial charge on any atom is 0.222 e. The maximum atomic E-state index is 12.2. The summed E-state index contributed by atoms with van der Waals surface area (Å²) in [7, 11) is 0. The van der Waals surface area contributed by atoms with Crippen molar-refractivity contribution in [2.24, 2.45) is 11.7 Å². The number of likely N-dealkylation sites (tertiary alicyclic amines) is 1. The van der Waals surface area contributed by atoms with Crippen molar-refractivity contribution in [3.8, 4) is 0 Å². The quantitative estimate of drug-likeness (QED) is 0.747. The van der Waals surface area contributed by atoms with Gasteiger partial charge < -0.3 is 10.6 Å². The fraction of sp³-hybridized carbons (Fsp3) is 0.929. The van der Waals surface area contributed by atoms with Crippen LogP contribution in [0.5, 0.6) is 0 Å². The van der Waals surface area contributed by atoms with Gasteiger partial charge in [0.15, 0.2) is 0 Å². The van der Waals surface area contributed by atoms with Crippen molar-refractivity contribution in [3.05, 3.63) is 0 Å². The summed E-state index contributed by atoms with van der Waals surface area (Å²) in [6, 6.07) is 0.589. The molecule has 0 radical (unpaired) electrons. The zero-order valence-corrected chi connectivity index (χ0v) is 10.9. The molecule has 0 aromatic heterocycles. The second-order valence-corrected chi connectivity index (χ2v) is 5.59. The predicted molar refractivity (Wildman–Crippen MR) is 69.6 cm³/mol. The van der Waals surface area contributed by atoms with E-state index < -0.39 is 0 Å². The number of carbonyl (C=O) groups excluding carboxylic acids is 1. The molecular formula is C14H26N2O. The third-order valence-electron chi connectivity index (χ3n) is 4.41. The van der Waals surface area contributed by atoms with Crippen LogP contribution in [-0.2, 0) is 4.79 Å². The SMILES string of the molecule is NCCCCCC(=O)N1CCCC2CCCC21. The van der Waals surface area contributed by atoms with Gasteiger partial charge in [-0.25, -0.2) is 0 Å².